The molecule has 2 aliphatic rings. The summed E-state index contributed by atoms with van der Waals surface area (Å²) in [6.07, 6.45) is 2.11. The van der Waals surface area contributed by atoms with Crippen molar-refractivity contribution in [2.24, 2.45) is 0 Å². The van der Waals surface area contributed by atoms with Gasteiger partial charge in [0.2, 0.25) is 5.91 Å². The van der Waals surface area contributed by atoms with Gasteiger partial charge in [-0.05, 0) is 60.4 Å². The van der Waals surface area contributed by atoms with E-state index in [4.69, 9.17) is 23.9 Å². The zero-order valence-electron chi connectivity index (χ0n) is 27.7. The van der Waals surface area contributed by atoms with Crippen molar-refractivity contribution < 1.29 is 23.7 Å². The Balaban J connectivity index is 1.11. The molecule has 6 rings (SSSR count). The fraction of sp³-hybridized carbons (Fsp3) is 0.421. The number of rotatable bonds is 13. The number of nitrogens with one attached hydrogen (secondary N) is 1. The lowest BCUT2D eigenvalue weighted by Crippen LogP contribution is -2.48. The van der Waals surface area contributed by atoms with Gasteiger partial charge in [0, 0.05) is 57.6 Å². The molecule has 3 aromatic carbocycles. The van der Waals surface area contributed by atoms with Gasteiger partial charge in [-0.2, -0.15) is 0 Å². The standard InChI is InChI=1S/C38H46N4O5/c1-41(25-30-13-10-29-7-4-5-8-34(29)40-30)38(43)23-31-22-33(28-11-14-32(45-3)15-12-28)37(24-39-31)47-26-27-9-16-36-35(21-27)42(18-20-46-36)17-6-19-44-2/h4-5,7-16,21,31,33,37,39H,6,17-20,22-26H2,1-3H3/t31?,33?,37-/m0/s1. The molecular weight excluding hydrogens is 592 g/mol. The van der Waals surface area contributed by atoms with Crippen LogP contribution in [0.15, 0.2) is 78.9 Å². The molecule has 3 heterocycles. The normalized spacial score (nSPS) is 19.2. The van der Waals surface area contributed by atoms with Crippen molar-refractivity contribution in [3.05, 3.63) is 95.7 Å². The summed E-state index contributed by atoms with van der Waals surface area (Å²) in [6, 6.07) is 26.7. The summed E-state index contributed by atoms with van der Waals surface area (Å²) in [5, 5.41) is 4.73. The van der Waals surface area contributed by atoms with E-state index in [9.17, 15) is 4.79 Å². The minimum atomic E-state index is -0.0561. The van der Waals surface area contributed by atoms with E-state index < -0.39 is 0 Å². The van der Waals surface area contributed by atoms with Gasteiger partial charge in [0.25, 0.3) is 0 Å². The number of hydrogen-bond donors (Lipinski definition) is 1. The molecule has 4 aromatic rings. The van der Waals surface area contributed by atoms with Crippen LogP contribution in [-0.2, 0) is 27.4 Å². The molecule has 9 heteroatoms. The van der Waals surface area contributed by atoms with Crippen LogP contribution < -0.4 is 19.7 Å². The molecule has 1 amide bonds. The molecule has 1 saturated heterocycles. The fourth-order valence-electron chi connectivity index (χ4n) is 6.64. The first-order chi connectivity index (χ1) is 23.0. The molecule has 3 atom stereocenters. The van der Waals surface area contributed by atoms with Crippen LogP contribution in [0.1, 0.15) is 42.0 Å². The van der Waals surface area contributed by atoms with Crippen molar-refractivity contribution in [3.8, 4) is 11.5 Å². The second-order valence-corrected chi connectivity index (χ2v) is 12.5. The van der Waals surface area contributed by atoms with Gasteiger partial charge in [-0.3, -0.25) is 9.78 Å². The Morgan fingerprint density at radius 2 is 1.91 bits per heavy atom. The number of carbonyl (C=O) groups excluding carboxylic acids is 1. The average molecular weight is 639 g/mol. The molecule has 0 saturated carbocycles. The van der Waals surface area contributed by atoms with E-state index in [2.05, 4.69) is 46.6 Å². The van der Waals surface area contributed by atoms with E-state index in [1.165, 1.54) is 5.56 Å². The molecular formula is C38H46N4O5. The van der Waals surface area contributed by atoms with Crippen LogP contribution in [0.25, 0.3) is 10.9 Å². The Labute approximate surface area is 277 Å². The third-order valence-corrected chi connectivity index (χ3v) is 9.26. The second-order valence-electron chi connectivity index (χ2n) is 12.5. The Bertz CT molecular complexity index is 1630. The van der Waals surface area contributed by atoms with Crippen LogP contribution in [0.5, 0.6) is 11.5 Å². The summed E-state index contributed by atoms with van der Waals surface area (Å²) >= 11 is 0. The monoisotopic (exact) mass is 638 g/mol. The van der Waals surface area contributed by atoms with E-state index in [1.54, 1.807) is 19.1 Å². The number of para-hydroxylation sites is 1. The van der Waals surface area contributed by atoms with Gasteiger partial charge in [0.1, 0.15) is 18.1 Å². The summed E-state index contributed by atoms with van der Waals surface area (Å²) in [7, 11) is 5.28. The summed E-state index contributed by atoms with van der Waals surface area (Å²) < 4.78 is 23.3. The number of methoxy groups -OCH3 is 2. The minimum absolute atomic E-state index is 0.0306. The Hall–Kier alpha value is -4.18. The molecule has 0 radical (unpaired) electrons. The minimum Gasteiger partial charge on any atom is -0.497 e. The lowest BCUT2D eigenvalue weighted by atomic mass is 9.83. The highest BCUT2D eigenvalue weighted by Crippen LogP contribution is 2.35. The van der Waals surface area contributed by atoms with E-state index in [1.807, 2.05) is 49.5 Å². The predicted octanol–water partition coefficient (Wildman–Crippen LogP) is 5.56. The summed E-state index contributed by atoms with van der Waals surface area (Å²) in [5.74, 6) is 1.96. The molecule has 248 valence electrons. The number of aromatic nitrogens is 1. The molecule has 1 aromatic heterocycles. The number of ether oxygens (including phenoxy) is 4. The van der Waals surface area contributed by atoms with Gasteiger partial charge in [-0.1, -0.05) is 42.5 Å². The third kappa shape index (κ3) is 8.22. The van der Waals surface area contributed by atoms with Gasteiger partial charge in [0.05, 0.1) is 49.8 Å². The van der Waals surface area contributed by atoms with Crippen molar-refractivity contribution >= 4 is 22.5 Å². The van der Waals surface area contributed by atoms with Crippen LogP contribution in [-0.4, -0.2) is 82.1 Å². The van der Waals surface area contributed by atoms with Crippen molar-refractivity contribution in [2.75, 3.05) is 59.0 Å². The number of fused-ring (bicyclic) bond motifs is 2. The topological polar surface area (TPSA) is 85.4 Å². The number of carbonyl (C=O) groups is 1. The summed E-state index contributed by atoms with van der Waals surface area (Å²) in [5.41, 5.74) is 5.24. The molecule has 0 aliphatic carbocycles. The van der Waals surface area contributed by atoms with Gasteiger partial charge >= 0.3 is 0 Å². The van der Waals surface area contributed by atoms with Gasteiger partial charge < -0.3 is 34.1 Å². The zero-order chi connectivity index (χ0) is 32.6. The molecule has 2 unspecified atom stereocenters. The highest BCUT2D eigenvalue weighted by atomic mass is 16.5. The first kappa shape index (κ1) is 32.7. The first-order valence-electron chi connectivity index (χ1n) is 16.6. The molecule has 9 nitrogen and oxygen atoms in total. The largest absolute Gasteiger partial charge is 0.497 e. The molecule has 0 bridgehead atoms. The maximum absolute atomic E-state index is 13.4. The number of anilines is 1. The van der Waals surface area contributed by atoms with E-state index >= 15 is 0 Å². The van der Waals surface area contributed by atoms with Gasteiger partial charge in [-0.25, -0.2) is 0 Å². The predicted molar refractivity (Wildman–Crippen MR) is 184 cm³/mol. The van der Waals surface area contributed by atoms with Crippen LogP contribution >= 0.6 is 0 Å². The number of pyridine rings is 1. The third-order valence-electron chi connectivity index (χ3n) is 9.26. The van der Waals surface area contributed by atoms with Crippen LogP contribution in [0.4, 0.5) is 5.69 Å². The highest BCUT2D eigenvalue weighted by molar-refractivity contribution is 5.79. The second kappa shape index (κ2) is 15.6. The number of piperidine rings is 1. The van der Waals surface area contributed by atoms with Crippen molar-refractivity contribution in [2.45, 2.75) is 50.5 Å². The van der Waals surface area contributed by atoms with E-state index in [0.29, 0.717) is 32.7 Å². The molecule has 1 fully saturated rings. The van der Waals surface area contributed by atoms with Crippen molar-refractivity contribution in [3.63, 3.8) is 0 Å². The van der Waals surface area contributed by atoms with E-state index in [-0.39, 0.29) is 24.0 Å². The maximum Gasteiger partial charge on any atom is 0.224 e. The number of amides is 1. The Morgan fingerprint density at radius 3 is 2.74 bits per heavy atom. The van der Waals surface area contributed by atoms with Crippen molar-refractivity contribution in [1.82, 2.24) is 15.2 Å². The Kier molecular flexibility index (Phi) is 10.9. The molecule has 0 spiro atoms. The molecule has 47 heavy (non-hydrogen) atoms. The van der Waals surface area contributed by atoms with E-state index in [0.717, 1.165) is 71.9 Å². The lowest BCUT2D eigenvalue weighted by Gasteiger charge is -2.38. The SMILES string of the molecule is COCCCN1CCOc2ccc(CO[C@H]3CNC(CC(=O)N(C)Cc4ccc5ccccc5n4)CC3c3ccc(OC)cc3)cc21. The quantitative estimate of drug-likeness (QED) is 0.191. The van der Waals surface area contributed by atoms with Gasteiger partial charge in [-0.15, -0.1) is 0 Å². The summed E-state index contributed by atoms with van der Waals surface area (Å²) in [4.78, 5) is 22.3. The lowest BCUT2D eigenvalue weighted by molar-refractivity contribution is -0.131. The molecule has 2 aliphatic heterocycles. The van der Waals surface area contributed by atoms with Crippen LogP contribution in [0.3, 0.4) is 0 Å². The Morgan fingerprint density at radius 1 is 1.06 bits per heavy atom. The summed E-state index contributed by atoms with van der Waals surface area (Å²) in [6.45, 7) is 4.83. The average Bonchev–Trinajstić information content (AvgIpc) is 3.11. The van der Waals surface area contributed by atoms with Crippen molar-refractivity contribution in [1.29, 1.82) is 0 Å². The molecule has 1 N–H and O–H groups in total. The number of benzene rings is 3. The first-order valence-corrected chi connectivity index (χ1v) is 16.6. The van der Waals surface area contributed by atoms with Gasteiger partial charge in [0.15, 0.2) is 0 Å². The highest BCUT2D eigenvalue weighted by Gasteiger charge is 2.34. The smallest absolute Gasteiger partial charge is 0.224 e. The zero-order valence-corrected chi connectivity index (χ0v) is 27.7. The number of hydrogen-bond acceptors (Lipinski definition) is 8. The fourth-order valence-corrected chi connectivity index (χ4v) is 6.64. The number of nitrogens with zero attached hydrogens (tertiary/aromatic N) is 3. The van der Waals surface area contributed by atoms with Crippen LogP contribution in [0.2, 0.25) is 0 Å². The maximum atomic E-state index is 13.4. The van der Waals surface area contributed by atoms with Crippen LogP contribution in [0, 0.1) is 0 Å².